The average Bonchev–Trinajstić information content (AvgIpc) is 2.25. The van der Waals surface area contributed by atoms with Crippen molar-refractivity contribution in [2.24, 2.45) is 5.92 Å². The number of amides is 1. The molecule has 1 heterocycles. The highest BCUT2D eigenvalue weighted by Crippen LogP contribution is 2.22. The highest BCUT2D eigenvalue weighted by atomic mass is 35.5. The summed E-state index contributed by atoms with van der Waals surface area (Å²) >= 11 is 1.96. The molecule has 1 fully saturated rings. The molecule has 1 saturated heterocycles. The molecule has 0 aromatic carbocycles. The zero-order valence-corrected chi connectivity index (χ0v) is 10.9. The zero-order valence-electron chi connectivity index (χ0n) is 9.25. The number of rotatable bonds is 5. The summed E-state index contributed by atoms with van der Waals surface area (Å²) < 4.78 is 0. The quantitative estimate of drug-likeness (QED) is 0.725. The molecule has 1 amide bonds. The molecule has 3 nitrogen and oxygen atoms in total. The van der Waals surface area contributed by atoms with Crippen LogP contribution in [0.25, 0.3) is 0 Å². The molecule has 0 unspecified atom stereocenters. The van der Waals surface area contributed by atoms with Crippen molar-refractivity contribution in [1.82, 2.24) is 10.6 Å². The summed E-state index contributed by atoms with van der Waals surface area (Å²) in [5.74, 6) is 2.82. The topological polar surface area (TPSA) is 41.1 Å². The number of halogens is 1. The van der Waals surface area contributed by atoms with Crippen molar-refractivity contribution in [3.63, 3.8) is 0 Å². The molecule has 0 spiro atoms. The maximum Gasteiger partial charge on any atom is 0.223 e. The van der Waals surface area contributed by atoms with E-state index in [-0.39, 0.29) is 24.2 Å². The number of carbonyl (C=O) groups excluding carboxylic acids is 1. The van der Waals surface area contributed by atoms with E-state index in [9.17, 15) is 4.79 Å². The van der Waals surface area contributed by atoms with Crippen LogP contribution in [0.2, 0.25) is 0 Å². The fourth-order valence-electron chi connectivity index (χ4n) is 1.55. The van der Waals surface area contributed by atoms with Crippen LogP contribution in [0, 0.1) is 5.92 Å². The second kappa shape index (κ2) is 9.31. The number of hydrogen-bond donors (Lipinski definition) is 2. The van der Waals surface area contributed by atoms with Gasteiger partial charge in [-0.15, -0.1) is 12.4 Å². The van der Waals surface area contributed by atoms with Crippen LogP contribution < -0.4 is 10.6 Å². The van der Waals surface area contributed by atoms with Gasteiger partial charge in [0, 0.05) is 19.0 Å². The lowest BCUT2D eigenvalue weighted by molar-refractivity contribution is -0.125. The standard InChI is InChI=1S/C10H20N2OS.ClH/c1-2-11-5-6-12-10(13)9-3-7-14-8-4-9;/h9,11H,2-8H2,1H3,(H,12,13);1H. The van der Waals surface area contributed by atoms with Gasteiger partial charge in [-0.05, 0) is 30.9 Å². The molecular formula is C10H21ClN2OS. The molecule has 5 heteroatoms. The van der Waals surface area contributed by atoms with Gasteiger partial charge in [0.15, 0.2) is 0 Å². The number of thioether (sulfide) groups is 1. The van der Waals surface area contributed by atoms with E-state index in [0.29, 0.717) is 0 Å². The lowest BCUT2D eigenvalue weighted by Gasteiger charge is -2.20. The van der Waals surface area contributed by atoms with Crippen LogP contribution in [-0.2, 0) is 4.79 Å². The maximum absolute atomic E-state index is 11.6. The fraction of sp³-hybridized carbons (Fsp3) is 0.900. The van der Waals surface area contributed by atoms with E-state index >= 15 is 0 Å². The molecule has 0 saturated carbocycles. The largest absolute Gasteiger partial charge is 0.355 e. The first kappa shape index (κ1) is 15.1. The third kappa shape index (κ3) is 6.28. The summed E-state index contributed by atoms with van der Waals surface area (Å²) in [6.45, 7) is 4.68. The highest BCUT2D eigenvalue weighted by molar-refractivity contribution is 7.99. The molecule has 1 aliphatic rings. The van der Waals surface area contributed by atoms with Crippen LogP contribution in [0.5, 0.6) is 0 Å². The molecule has 0 aromatic heterocycles. The van der Waals surface area contributed by atoms with E-state index in [4.69, 9.17) is 0 Å². The molecule has 0 aliphatic carbocycles. The van der Waals surface area contributed by atoms with E-state index in [2.05, 4.69) is 17.6 Å². The number of hydrogen-bond acceptors (Lipinski definition) is 3. The SMILES string of the molecule is CCNCCNC(=O)C1CCSCC1.Cl. The smallest absolute Gasteiger partial charge is 0.223 e. The first-order valence-corrected chi connectivity index (χ1v) is 6.56. The van der Waals surface area contributed by atoms with Gasteiger partial charge in [-0.1, -0.05) is 6.92 Å². The molecule has 1 rings (SSSR count). The molecule has 0 atom stereocenters. The van der Waals surface area contributed by atoms with E-state index in [1.807, 2.05) is 11.8 Å². The monoisotopic (exact) mass is 252 g/mol. The zero-order chi connectivity index (χ0) is 10.2. The van der Waals surface area contributed by atoms with Gasteiger partial charge in [0.25, 0.3) is 0 Å². The predicted molar refractivity (Wildman–Crippen MR) is 68.9 cm³/mol. The Labute approximate surface area is 103 Å². The fourth-order valence-corrected chi connectivity index (χ4v) is 2.66. The molecule has 15 heavy (non-hydrogen) atoms. The van der Waals surface area contributed by atoms with Gasteiger partial charge in [-0.3, -0.25) is 4.79 Å². The van der Waals surface area contributed by atoms with Gasteiger partial charge in [-0.2, -0.15) is 11.8 Å². The minimum atomic E-state index is 0. The maximum atomic E-state index is 11.6. The molecule has 2 N–H and O–H groups in total. The molecule has 0 radical (unpaired) electrons. The lowest BCUT2D eigenvalue weighted by atomic mass is 10.0. The molecule has 90 valence electrons. The Morgan fingerprint density at radius 3 is 2.60 bits per heavy atom. The van der Waals surface area contributed by atoms with Gasteiger partial charge in [0.2, 0.25) is 5.91 Å². The van der Waals surface area contributed by atoms with Gasteiger partial charge in [-0.25, -0.2) is 0 Å². The second-order valence-electron chi connectivity index (χ2n) is 3.53. The van der Waals surface area contributed by atoms with Crippen molar-refractivity contribution < 1.29 is 4.79 Å². The van der Waals surface area contributed by atoms with Gasteiger partial charge >= 0.3 is 0 Å². The Kier molecular flexibility index (Phi) is 9.35. The van der Waals surface area contributed by atoms with Crippen molar-refractivity contribution in [3.05, 3.63) is 0 Å². The minimum absolute atomic E-state index is 0. The number of likely N-dealkylation sites (N-methyl/N-ethyl adjacent to an activating group) is 1. The van der Waals surface area contributed by atoms with Gasteiger partial charge in [0.1, 0.15) is 0 Å². The molecule has 0 aromatic rings. The Hall–Kier alpha value is 0.0700. The number of carbonyl (C=O) groups is 1. The van der Waals surface area contributed by atoms with Gasteiger partial charge < -0.3 is 10.6 Å². The molecular weight excluding hydrogens is 232 g/mol. The summed E-state index contributed by atoms with van der Waals surface area (Å²) in [4.78, 5) is 11.6. The third-order valence-electron chi connectivity index (χ3n) is 2.44. The Bertz CT molecular complexity index is 175. The van der Waals surface area contributed by atoms with Crippen LogP contribution in [-0.4, -0.2) is 37.0 Å². The van der Waals surface area contributed by atoms with Crippen molar-refractivity contribution >= 4 is 30.1 Å². The van der Waals surface area contributed by atoms with Crippen LogP contribution in [0.3, 0.4) is 0 Å². The third-order valence-corrected chi connectivity index (χ3v) is 3.49. The van der Waals surface area contributed by atoms with E-state index in [0.717, 1.165) is 44.0 Å². The molecule has 0 bridgehead atoms. The summed E-state index contributed by atoms with van der Waals surface area (Å²) in [7, 11) is 0. The summed E-state index contributed by atoms with van der Waals surface area (Å²) in [6.07, 6.45) is 2.11. The Morgan fingerprint density at radius 1 is 1.33 bits per heavy atom. The Balaban J connectivity index is 0.00000196. The van der Waals surface area contributed by atoms with Crippen LogP contribution in [0.15, 0.2) is 0 Å². The highest BCUT2D eigenvalue weighted by Gasteiger charge is 2.20. The van der Waals surface area contributed by atoms with E-state index in [1.165, 1.54) is 0 Å². The van der Waals surface area contributed by atoms with Crippen LogP contribution in [0.1, 0.15) is 19.8 Å². The summed E-state index contributed by atoms with van der Waals surface area (Å²) in [5, 5.41) is 6.16. The van der Waals surface area contributed by atoms with E-state index in [1.54, 1.807) is 0 Å². The average molecular weight is 253 g/mol. The minimum Gasteiger partial charge on any atom is -0.355 e. The summed E-state index contributed by atoms with van der Waals surface area (Å²) in [5.41, 5.74) is 0. The van der Waals surface area contributed by atoms with Crippen LogP contribution >= 0.6 is 24.2 Å². The van der Waals surface area contributed by atoms with Crippen molar-refractivity contribution in [3.8, 4) is 0 Å². The second-order valence-corrected chi connectivity index (χ2v) is 4.76. The molecule has 1 aliphatic heterocycles. The number of nitrogens with one attached hydrogen (secondary N) is 2. The summed E-state index contributed by atoms with van der Waals surface area (Å²) in [6, 6.07) is 0. The van der Waals surface area contributed by atoms with Crippen LogP contribution in [0.4, 0.5) is 0 Å². The first-order valence-electron chi connectivity index (χ1n) is 5.40. The predicted octanol–water partition coefficient (Wildman–Crippen LogP) is 1.28. The first-order chi connectivity index (χ1) is 6.84. The lowest BCUT2D eigenvalue weighted by Crippen LogP contribution is -2.37. The van der Waals surface area contributed by atoms with Crippen molar-refractivity contribution in [2.45, 2.75) is 19.8 Å². The normalized spacial score (nSPS) is 16.9. The van der Waals surface area contributed by atoms with Crippen molar-refractivity contribution in [2.75, 3.05) is 31.1 Å². The van der Waals surface area contributed by atoms with Gasteiger partial charge in [0.05, 0.1) is 0 Å². The Morgan fingerprint density at radius 2 is 2.00 bits per heavy atom. The van der Waals surface area contributed by atoms with E-state index < -0.39 is 0 Å². The van der Waals surface area contributed by atoms with Crippen molar-refractivity contribution in [1.29, 1.82) is 0 Å².